The average molecular weight is 442 g/mol. The molecule has 1 aliphatic heterocycles. The van der Waals surface area contributed by atoms with Gasteiger partial charge in [-0.1, -0.05) is 36.4 Å². The van der Waals surface area contributed by atoms with Crippen LogP contribution in [0.2, 0.25) is 0 Å². The summed E-state index contributed by atoms with van der Waals surface area (Å²) in [5.41, 5.74) is 0.563. The molecule has 0 saturated carbocycles. The molecule has 9 heteroatoms. The molecule has 32 heavy (non-hydrogen) atoms. The first-order valence-electron chi connectivity index (χ1n) is 9.83. The lowest BCUT2D eigenvalue weighted by atomic mass is 10.1. The second-order valence-corrected chi connectivity index (χ2v) is 6.93. The van der Waals surface area contributed by atoms with Crippen LogP contribution in [0.5, 0.6) is 0 Å². The molecule has 0 aromatic heterocycles. The van der Waals surface area contributed by atoms with Gasteiger partial charge in [-0.2, -0.15) is 0 Å². The summed E-state index contributed by atoms with van der Waals surface area (Å²) in [4.78, 5) is 48.1. The first-order chi connectivity index (χ1) is 15.3. The van der Waals surface area contributed by atoms with E-state index in [9.17, 15) is 19.2 Å². The van der Waals surface area contributed by atoms with Crippen molar-refractivity contribution in [2.75, 3.05) is 6.61 Å². The Morgan fingerprint density at radius 2 is 1.25 bits per heavy atom. The lowest BCUT2D eigenvalue weighted by Crippen LogP contribution is -2.42. The molecule has 1 aliphatic rings. The second-order valence-electron chi connectivity index (χ2n) is 6.93. The minimum absolute atomic E-state index is 0.245. The van der Waals surface area contributed by atoms with Crippen LogP contribution in [0.3, 0.4) is 0 Å². The molecule has 1 saturated heterocycles. The van der Waals surface area contributed by atoms with Crippen molar-refractivity contribution in [1.29, 1.82) is 0 Å². The number of rotatable bonds is 7. The monoisotopic (exact) mass is 442 g/mol. The maximum absolute atomic E-state index is 12.6. The lowest BCUT2D eigenvalue weighted by molar-refractivity contribution is -0.188. The van der Waals surface area contributed by atoms with Crippen molar-refractivity contribution >= 4 is 23.9 Å². The van der Waals surface area contributed by atoms with Crippen LogP contribution in [-0.4, -0.2) is 55.1 Å². The van der Waals surface area contributed by atoms with E-state index in [1.54, 1.807) is 60.7 Å². The summed E-state index contributed by atoms with van der Waals surface area (Å²) < 4.78 is 26.8. The molecule has 9 nitrogen and oxygen atoms in total. The number of hydrogen-bond acceptors (Lipinski definition) is 9. The van der Waals surface area contributed by atoms with Gasteiger partial charge >= 0.3 is 23.9 Å². The van der Waals surface area contributed by atoms with Crippen molar-refractivity contribution in [2.24, 2.45) is 0 Å². The Balaban J connectivity index is 1.78. The Morgan fingerprint density at radius 1 is 0.719 bits per heavy atom. The zero-order valence-corrected chi connectivity index (χ0v) is 17.5. The molecule has 1 fully saturated rings. The Morgan fingerprint density at radius 3 is 1.78 bits per heavy atom. The molecule has 1 unspecified atom stereocenters. The number of benzene rings is 2. The molecule has 0 radical (unpaired) electrons. The summed E-state index contributed by atoms with van der Waals surface area (Å²) >= 11 is 0. The largest absolute Gasteiger partial charge is 0.459 e. The molecule has 3 rings (SSSR count). The van der Waals surface area contributed by atoms with E-state index >= 15 is 0 Å². The molecule has 2 aromatic rings. The Labute approximate surface area is 184 Å². The first kappa shape index (κ1) is 23.0. The summed E-state index contributed by atoms with van der Waals surface area (Å²) in [5, 5.41) is 0. The summed E-state index contributed by atoms with van der Waals surface area (Å²) in [5.74, 6) is -2.72. The third-order valence-corrected chi connectivity index (χ3v) is 4.49. The smallest absolute Gasteiger partial charge is 0.338 e. The van der Waals surface area contributed by atoms with Gasteiger partial charge in [0.2, 0.25) is 12.4 Å². The minimum Gasteiger partial charge on any atom is -0.459 e. The second kappa shape index (κ2) is 10.5. The van der Waals surface area contributed by atoms with Crippen LogP contribution in [-0.2, 0) is 33.3 Å². The maximum Gasteiger partial charge on any atom is 0.338 e. The molecule has 168 valence electrons. The van der Waals surface area contributed by atoms with Gasteiger partial charge in [-0.15, -0.1) is 0 Å². The van der Waals surface area contributed by atoms with Crippen LogP contribution in [0.15, 0.2) is 60.7 Å². The summed E-state index contributed by atoms with van der Waals surface area (Å²) in [6, 6.07) is 16.4. The van der Waals surface area contributed by atoms with E-state index in [-0.39, 0.29) is 12.2 Å². The average Bonchev–Trinajstić information content (AvgIpc) is 3.08. The van der Waals surface area contributed by atoms with Crippen molar-refractivity contribution in [3.8, 4) is 0 Å². The van der Waals surface area contributed by atoms with Gasteiger partial charge in [-0.3, -0.25) is 9.59 Å². The molecule has 0 amide bonds. The van der Waals surface area contributed by atoms with Crippen molar-refractivity contribution in [3.05, 3.63) is 71.8 Å². The zero-order chi connectivity index (χ0) is 23.1. The molecule has 0 spiro atoms. The first-order valence-corrected chi connectivity index (χ1v) is 9.83. The molecule has 2 aromatic carbocycles. The van der Waals surface area contributed by atoms with Gasteiger partial charge in [0.25, 0.3) is 0 Å². The molecule has 4 atom stereocenters. The van der Waals surface area contributed by atoms with Gasteiger partial charge in [0, 0.05) is 13.8 Å². The standard InChI is InChI=1S/C23H22O9/c1-14(24)29-19-18(13-28-21(26)16-9-5-3-6-10-16)31-23(30-15(2)25)20(19)32-22(27)17-11-7-4-8-12-17/h3-12,18-20,23H,13H2,1-2H3/t18-,19-,20+,23?/m1/s1. The van der Waals surface area contributed by atoms with Gasteiger partial charge < -0.3 is 23.7 Å². The normalized spacial score (nSPS) is 21.9. The highest BCUT2D eigenvalue weighted by atomic mass is 16.8. The van der Waals surface area contributed by atoms with Crippen LogP contribution in [0.4, 0.5) is 0 Å². The van der Waals surface area contributed by atoms with Crippen molar-refractivity contribution in [2.45, 2.75) is 38.4 Å². The molecule has 0 bridgehead atoms. The number of carbonyl (C=O) groups is 4. The van der Waals surface area contributed by atoms with E-state index in [0.29, 0.717) is 5.56 Å². The third kappa shape index (κ3) is 5.92. The number of ether oxygens (including phenoxy) is 5. The fraction of sp³-hybridized carbons (Fsp3) is 0.304. The van der Waals surface area contributed by atoms with E-state index in [1.165, 1.54) is 6.92 Å². The maximum atomic E-state index is 12.6. The van der Waals surface area contributed by atoms with E-state index in [0.717, 1.165) is 6.92 Å². The van der Waals surface area contributed by atoms with Gasteiger partial charge in [-0.25, -0.2) is 9.59 Å². The van der Waals surface area contributed by atoms with E-state index in [4.69, 9.17) is 23.7 Å². The molecule has 1 heterocycles. The molecular formula is C23H22O9. The molecule has 0 N–H and O–H groups in total. The van der Waals surface area contributed by atoms with Crippen LogP contribution < -0.4 is 0 Å². The number of esters is 4. The molecular weight excluding hydrogens is 420 g/mol. The Bertz CT molecular complexity index is 958. The number of carbonyl (C=O) groups excluding carboxylic acids is 4. The fourth-order valence-electron chi connectivity index (χ4n) is 3.12. The summed E-state index contributed by atoms with van der Waals surface area (Å²) in [6.45, 7) is 1.99. The van der Waals surface area contributed by atoms with Crippen LogP contribution in [0, 0.1) is 0 Å². The quantitative estimate of drug-likeness (QED) is 0.470. The van der Waals surface area contributed by atoms with Crippen molar-refractivity contribution < 1.29 is 42.9 Å². The van der Waals surface area contributed by atoms with E-state index in [1.807, 2.05) is 0 Å². The zero-order valence-electron chi connectivity index (χ0n) is 17.5. The fourth-order valence-corrected chi connectivity index (χ4v) is 3.12. The lowest BCUT2D eigenvalue weighted by Gasteiger charge is -2.23. The Kier molecular flexibility index (Phi) is 7.56. The SMILES string of the molecule is CC(=O)OC1O[C@H](COC(=O)c2ccccc2)[C@@H](OC(C)=O)[C@@H]1OC(=O)c1ccccc1. The van der Waals surface area contributed by atoms with Gasteiger partial charge in [0.05, 0.1) is 11.1 Å². The predicted molar refractivity (Wildman–Crippen MR) is 108 cm³/mol. The third-order valence-electron chi connectivity index (χ3n) is 4.49. The van der Waals surface area contributed by atoms with E-state index in [2.05, 4.69) is 0 Å². The highest BCUT2D eigenvalue weighted by Gasteiger charge is 2.52. The topological polar surface area (TPSA) is 114 Å². The van der Waals surface area contributed by atoms with Crippen molar-refractivity contribution in [3.63, 3.8) is 0 Å². The van der Waals surface area contributed by atoms with Gasteiger partial charge in [-0.05, 0) is 24.3 Å². The highest BCUT2D eigenvalue weighted by Crippen LogP contribution is 2.29. The van der Waals surface area contributed by atoms with Crippen LogP contribution in [0.25, 0.3) is 0 Å². The summed E-state index contributed by atoms with van der Waals surface area (Å²) in [6.07, 6.45) is -4.83. The predicted octanol–water partition coefficient (Wildman–Crippen LogP) is 2.29. The number of hydrogen-bond donors (Lipinski definition) is 0. The minimum atomic E-state index is -1.36. The molecule has 0 aliphatic carbocycles. The highest BCUT2D eigenvalue weighted by molar-refractivity contribution is 5.90. The summed E-state index contributed by atoms with van der Waals surface area (Å²) in [7, 11) is 0. The van der Waals surface area contributed by atoms with Crippen molar-refractivity contribution in [1.82, 2.24) is 0 Å². The van der Waals surface area contributed by atoms with Crippen LogP contribution >= 0.6 is 0 Å². The van der Waals surface area contributed by atoms with E-state index < -0.39 is 48.5 Å². The van der Waals surface area contributed by atoms with Gasteiger partial charge in [0.1, 0.15) is 12.7 Å². The van der Waals surface area contributed by atoms with Gasteiger partial charge in [0.15, 0.2) is 6.10 Å². The van der Waals surface area contributed by atoms with Crippen LogP contribution in [0.1, 0.15) is 34.6 Å². The Hall–Kier alpha value is -3.72.